The Bertz CT molecular complexity index is 603. The highest BCUT2D eigenvalue weighted by Gasteiger charge is 2.21. The Morgan fingerprint density at radius 1 is 1.20 bits per heavy atom. The fraction of sp³-hybridized carbons (Fsp3) is 0.286. The highest BCUT2D eigenvalue weighted by Crippen LogP contribution is 2.13. The van der Waals surface area contributed by atoms with E-state index in [9.17, 15) is 9.18 Å². The van der Waals surface area contributed by atoms with Gasteiger partial charge in [0.2, 0.25) is 0 Å². The van der Waals surface area contributed by atoms with Crippen LogP contribution < -0.4 is 0 Å². The van der Waals surface area contributed by atoms with Gasteiger partial charge in [0.1, 0.15) is 5.82 Å². The molecule has 0 spiro atoms. The smallest absolute Gasteiger partial charge is 0.271 e. The molecule has 1 aliphatic rings. The predicted octanol–water partition coefficient (Wildman–Crippen LogP) is 2.18. The molecule has 0 aliphatic carbocycles. The third-order valence-corrected chi connectivity index (χ3v) is 3.13. The van der Waals surface area contributed by atoms with Crippen LogP contribution in [0.3, 0.4) is 0 Å². The Kier molecular flexibility index (Phi) is 3.47. The second-order valence-corrected chi connectivity index (χ2v) is 4.57. The van der Waals surface area contributed by atoms with Crippen molar-refractivity contribution in [1.82, 2.24) is 14.8 Å². The van der Waals surface area contributed by atoms with Gasteiger partial charge in [0.05, 0.1) is 12.3 Å². The quantitative estimate of drug-likeness (QED) is 0.844. The SMILES string of the molecule is O=C(c1ccn(-c2ccc(F)cc2)n1)N1CCCCO1. The van der Waals surface area contributed by atoms with Gasteiger partial charge in [0.25, 0.3) is 5.91 Å². The maximum atomic E-state index is 12.9. The Hall–Kier alpha value is -2.21. The van der Waals surface area contributed by atoms with Crippen LogP contribution >= 0.6 is 0 Å². The second-order valence-electron chi connectivity index (χ2n) is 4.57. The van der Waals surface area contributed by atoms with Gasteiger partial charge in [-0.1, -0.05) is 0 Å². The highest BCUT2D eigenvalue weighted by atomic mass is 19.1. The summed E-state index contributed by atoms with van der Waals surface area (Å²) in [5.41, 5.74) is 1.02. The molecule has 104 valence electrons. The molecule has 20 heavy (non-hydrogen) atoms. The van der Waals surface area contributed by atoms with Crippen LogP contribution in [-0.2, 0) is 4.84 Å². The summed E-state index contributed by atoms with van der Waals surface area (Å²) in [6.45, 7) is 1.15. The minimum Gasteiger partial charge on any atom is -0.271 e. The Morgan fingerprint density at radius 3 is 2.70 bits per heavy atom. The fourth-order valence-electron chi connectivity index (χ4n) is 2.06. The van der Waals surface area contributed by atoms with Crippen LogP contribution in [0.5, 0.6) is 0 Å². The first-order valence-electron chi connectivity index (χ1n) is 6.50. The van der Waals surface area contributed by atoms with Gasteiger partial charge >= 0.3 is 0 Å². The number of hydrogen-bond acceptors (Lipinski definition) is 3. The highest BCUT2D eigenvalue weighted by molar-refractivity contribution is 5.91. The molecule has 1 aliphatic heterocycles. The molecular weight excluding hydrogens is 261 g/mol. The molecule has 6 heteroatoms. The number of hydrogen-bond donors (Lipinski definition) is 0. The van der Waals surface area contributed by atoms with Gasteiger partial charge in [-0.3, -0.25) is 9.63 Å². The molecule has 5 nitrogen and oxygen atoms in total. The molecule has 3 rings (SSSR count). The van der Waals surface area contributed by atoms with Crippen LogP contribution in [0, 0.1) is 5.82 Å². The lowest BCUT2D eigenvalue weighted by Crippen LogP contribution is -2.36. The molecule has 0 N–H and O–H groups in total. The summed E-state index contributed by atoms with van der Waals surface area (Å²) in [5.74, 6) is -0.551. The number of carbonyl (C=O) groups is 1. The summed E-state index contributed by atoms with van der Waals surface area (Å²) in [6, 6.07) is 7.55. The Labute approximate surface area is 115 Å². The van der Waals surface area contributed by atoms with E-state index in [0.717, 1.165) is 12.8 Å². The fourth-order valence-corrected chi connectivity index (χ4v) is 2.06. The molecule has 1 aromatic carbocycles. The van der Waals surface area contributed by atoms with Crippen molar-refractivity contribution in [3.05, 3.63) is 48.0 Å². The lowest BCUT2D eigenvalue weighted by Gasteiger charge is -2.24. The molecule has 1 aromatic heterocycles. The van der Waals surface area contributed by atoms with Crippen LogP contribution in [0.2, 0.25) is 0 Å². The lowest BCUT2D eigenvalue weighted by molar-refractivity contribution is -0.144. The zero-order valence-electron chi connectivity index (χ0n) is 10.8. The molecule has 2 heterocycles. The van der Waals surface area contributed by atoms with E-state index in [1.165, 1.54) is 21.9 Å². The van der Waals surface area contributed by atoms with Gasteiger partial charge in [0.15, 0.2) is 5.69 Å². The Balaban J connectivity index is 1.79. The topological polar surface area (TPSA) is 47.4 Å². The van der Waals surface area contributed by atoms with Gasteiger partial charge < -0.3 is 0 Å². The maximum Gasteiger partial charge on any atom is 0.297 e. The van der Waals surface area contributed by atoms with Crippen molar-refractivity contribution in [2.24, 2.45) is 0 Å². The van der Waals surface area contributed by atoms with Gasteiger partial charge in [-0.25, -0.2) is 14.1 Å². The molecule has 1 fully saturated rings. The Morgan fingerprint density at radius 2 is 2.00 bits per heavy atom. The van der Waals surface area contributed by atoms with E-state index >= 15 is 0 Å². The van der Waals surface area contributed by atoms with E-state index in [4.69, 9.17) is 4.84 Å². The molecule has 0 saturated carbocycles. The van der Waals surface area contributed by atoms with E-state index in [0.29, 0.717) is 24.5 Å². The number of hydroxylamine groups is 2. The summed E-state index contributed by atoms with van der Waals surface area (Å²) in [7, 11) is 0. The van der Waals surface area contributed by atoms with Crippen molar-refractivity contribution in [3.8, 4) is 5.69 Å². The number of benzene rings is 1. The number of amides is 1. The number of nitrogens with zero attached hydrogens (tertiary/aromatic N) is 3. The first-order valence-corrected chi connectivity index (χ1v) is 6.50. The van der Waals surface area contributed by atoms with Crippen molar-refractivity contribution < 1.29 is 14.0 Å². The van der Waals surface area contributed by atoms with Crippen molar-refractivity contribution >= 4 is 5.91 Å². The van der Waals surface area contributed by atoms with Gasteiger partial charge in [-0.15, -0.1) is 0 Å². The van der Waals surface area contributed by atoms with Crippen molar-refractivity contribution in [2.75, 3.05) is 13.2 Å². The first-order chi connectivity index (χ1) is 9.74. The van der Waals surface area contributed by atoms with Crippen molar-refractivity contribution in [3.63, 3.8) is 0 Å². The van der Waals surface area contributed by atoms with Crippen molar-refractivity contribution in [1.29, 1.82) is 0 Å². The molecule has 1 amide bonds. The van der Waals surface area contributed by atoms with Crippen molar-refractivity contribution in [2.45, 2.75) is 12.8 Å². The summed E-state index contributed by atoms with van der Waals surface area (Å²) in [5, 5.41) is 5.56. The van der Waals surface area contributed by atoms with Crippen LogP contribution in [0.25, 0.3) is 5.69 Å². The van der Waals surface area contributed by atoms with E-state index in [-0.39, 0.29) is 11.7 Å². The van der Waals surface area contributed by atoms with Gasteiger partial charge in [0, 0.05) is 12.7 Å². The molecule has 0 atom stereocenters. The largest absolute Gasteiger partial charge is 0.297 e. The maximum absolute atomic E-state index is 12.9. The molecule has 1 saturated heterocycles. The van der Waals surface area contributed by atoms with E-state index in [1.54, 1.807) is 24.4 Å². The zero-order valence-corrected chi connectivity index (χ0v) is 10.8. The first kappa shape index (κ1) is 12.8. The van der Waals surface area contributed by atoms with Crippen LogP contribution in [0.1, 0.15) is 23.3 Å². The molecule has 0 radical (unpaired) electrons. The number of rotatable bonds is 2. The average molecular weight is 275 g/mol. The third-order valence-electron chi connectivity index (χ3n) is 3.13. The van der Waals surface area contributed by atoms with Crippen LogP contribution in [0.15, 0.2) is 36.5 Å². The number of halogens is 1. The average Bonchev–Trinajstić information content (AvgIpc) is 2.98. The standard InChI is InChI=1S/C14H14FN3O2/c15-11-3-5-12(6-4-11)17-9-7-13(16-17)14(19)18-8-1-2-10-20-18/h3-7,9H,1-2,8,10H2. The number of aromatic nitrogens is 2. The van der Waals surface area contributed by atoms with Gasteiger partial charge in [-0.2, -0.15) is 5.10 Å². The third kappa shape index (κ3) is 2.55. The zero-order chi connectivity index (χ0) is 13.9. The van der Waals surface area contributed by atoms with Gasteiger partial charge in [-0.05, 0) is 43.2 Å². The summed E-state index contributed by atoms with van der Waals surface area (Å²) < 4.78 is 14.4. The molecule has 0 unspecified atom stereocenters. The summed E-state index contributed by atoms with van der Waals surface area (Å²) in [4.78, 5) is 17.5. The van der Waals surface area contributed by atoms with E-state index < -0.39 is 0 Å². The summed E-state index contributed by atoms with van der Waals surface area (Å²) >= 11 is 0. The molecule has 0 bridgehead atoms. The van der Waals surface area contributed by atoms with E-state index in [1.807, 2.05) is 0 Å². The lowest BCUT2D eigenvalue weighted by atomic mass is 10.3. The monoisotopic (exact) mass is 275 g/mol. The second kappa shape index (κ2) is 5.42. The summed E-state index contributed by atoms with van der Waals surface area (Å²) in [6.07, 6.45) is 3.57. The predicted molar refractivity (Wildman–Crippen MR) is 69.7 cm³/mol. The number of carbonyl (C=O) groups excluding carboxylic acids is 1. The normalized spacial score (nSPS) is 15.3. The molecular formula is C14H14FN3O2. The minimum atomic E-state index is -0.307. The van der Waals surface area contributed by atoms with Crippen LogP contribution in [0.4, 0.5) is 4.39 Å². The molecule has 2 aromatic rings. The minimum absolute atomic E-state index is 0.245. The van der Waals surface area contributed by atoms with E-state index in [2.05, 4.69) is 5.10 Å². The van der Waals surface area contributed by atoms with Crippen LogP contribution in [-0.4, -0.2) is 33.9 Å².